The molecule has 0 aliphatic carbocycles. The van der Waals surface area contributed by atoms with Gasteiger partial charge in [-0.05, 0) is 30.8 Å². The molecule has 0 unspecified atom stereocenters. The number of hydrogen-bond acceptors (Lipinski definition) is 4. The van der Waals surface area contributed by atoms with Gasteiger partial charge in [0.25, 0.3) is 0 Å². The van der Waals surface area contributed by atoms with Crippen molar-refractivity contribution in [3.63, 3.8) is 0 Å². The van der Waals surface area contributed by atoms with Crippen molar-refractivity contribution in [2.45, 2.75) is 6.42 Å². The molecule has 0 saturated heterocycles. The average Bonchev–Trinajstić information content (AvgIpc) is 2.82. The second-order valence-electron chi connectivity index (χ2n) is 3.80. The van der Waals surface area contributed by atoms with Crippen molar-refractivity contribution in [2.75, 3.05) is 32.4 Å². The van der Waals surface area contributed by atoms with Crippen LogP contribution in [0.5, 0.6) is 11.5 Å². The lowest BCUT2D eigenvalue weighted by atomic mass is 10.3. The zero-order valence-electron chi connectivity index (χ0n) is 10.2. The summed E-state index contributed by atoms with van der Waals surface area (Å²) < 4.78 is 15.5. The number of nitrogens with one attached hydrogen (secondary N) is 2. The van der Waals surface area contributed by atoms with E-state index in [0.717, 1.165) is 36.8 Å². The number of rotatable bonds is 5. The lowest BCUT2D eigenvalue weighted by molar-refractivity contribution is 0.174. The Kier molecular flexibility index (Phi) is 4.60. The van der Waals surface area contributed by atoms with Crippen molar-refractivity contribution in [3.8, 4) is 11.5 Å². The van der Waals surface area contributed by atoms with E-state index in [1.807, 2.05) is 18.2 Å². The van der Waals surface area contributed by atoms with Crippen molar-refractivity contribution >= 4 is 23.0 Å². The molecule has 1 aromatic carbocycles. The number of methoxy groups -OCH3 is 1. The highest BCUT2D eigenvalue weighted by molar-refractivity contribution is 7.80. The van der Waals surface area contributed by atoms with E-state index in [-0.39, 0.29) is 6.79 Å². The Balaban J connectivity index is 1.80. The van der Waals surface area contributed by atoms with Crippen molar-refractivity contribution in [3.05, 3.63) is 18.2 Å². The van der Waals surface area contributed by atoms with E-state index >= 15 is 0 Å². The van der Waals surface area contributed by atoms with E-state index in [4.69, 9.17) is 26.4 Å². The Morgan fingerprint density at radius 2 is 2.22 bits per heavy atom. The fourth-order valence-corrected chi connectivity index (χ4v) is 1.79. The molecule has 0 spiro atoms. The molecule has 98 valence electrons. The zero-order chi connectivity index (χ0) is 12.8. The number of thiocarbonyl (C=S) groups is 1. The van der Waals surface area contributed by atoms with Crippen LogP contribution < -0.4 is 20.1 Å². The summed E-state index contributed by atoms with van der Waals surface area (Å²) in [6, 6.07) is 5.63. The van der Waals surface area contributed by atoms with Gasteiger partial charge in [-0.15, -0.1) is 0 Å². The van der Waals surface area contributed by atoms with Crippen LogP contribution in [0.15, 0.2) is 18.2 Å². The monoisotopic (exact) mass is 268 g/mol. The standard InChI is InChI=1S/C12H16N2O3S/c1-15-6-2-5-13-12(18)14-9-3-4-10-11(7-9)17-8-16-10/h3-4,7H,2,5-6,8H2,1H3,(H2,13,14,18). The van der Waals surface area contributed by atoms with Crippen molar-refractivity contribution in [1.29, 1.82) is 0 Å². The van der Waals surface area contributed by atoms with Crippen molar-refractivity contribution < 1.29 is 14.2 Å². The molecule has 0 bridgehead atoms. The zero-order valence-corrected chi connectivity index (χ0v) is 11.0. The molecule has 0 fully saturated rings. The van der Waals surface area contributed by atoms with Gasteiger partial charge in [-0.1, -0.05) is 0 Å². The van der Waals surface area contributed by atoms with E-state index < -0.39 is 0 Å². The molecule has 0 amide bonds. The molecule has 0 atom stereocenters. The van der Waals surface area contributed by atoms with Crippen LogP contribution in [-0.2, 0) is 4.74 Å². The van der Waals surface area contributed by atoms with Gasteiger partial charge in [0.05, 0.1) is 0 Å². The quantitative estimate of drug-likeness (QED) is 0.626. The molecule has 5 nitrogen and oxygen atoms in total. The van der Waals surface area contributed by atoms with Gasteiger partial charge in [0, 0.05) is 32.0 Å². The molecule has 0 aromatic heterocycles. The Labute approximate surface area is 111 Å². The summed E-state index contributed by atoms with van der Waals surface area (Å²) in [7, 11) is 1.68. The maximum Gasteiger partial charge on any atom is 0.231 e. The second-order valence-corrected chi connectivity index (χ2v) is 4.20. The van der Waals surface area contributed by atoms with Crippen LogP contribution >= 0.6 is 12.2 Å². The van der Waals surface area contributed by atoms with Gasteiger partial charge in [0.15, 0.2) is 16.6 Å². The van der Waals surface area contributed by atoms with Gasteiger partial charge >= 0.3 is 0 Å². The molecule has 18 heavy (non-hydrogen) atoms. The van der Waals surface area contributed by atoms with Crippen molar-refractivity contribution in [1.82, 2.24) is 5.32 Å². The van der Waals surface area contributed by atoms with Crippen LogP contribution in [0.25, 0.3) is 0 Å². The lowest BCUT2D eigenvalue weighted by Gasteiger charge is -2.10. The molecule has 2 N–H and O–H groups in total. The molecule has 0 saturated carbocycles. The SMILES string of the molecule is COCCCNC(=S)Nc1ccc2c(c1)OCO2. The van der Waals surface area contributed by atoms with Crippen LogP contribution in [0.2, 0.25) is 0 Å². The predicted octanol–water partition coefficient (Wildman–Crippen LogP) is 1.74. The van der Waals surface area contributed by atoms with Crippen molar-refractivity contribution in [2.24, 2.45) is 0 Å². The topological polar surface area (TPSA) is 51.8 Å². The number of ether oxygens (including phenoxy) is 3. The van der Waals surface area contributed by atoms with E-state index in [1.54, 1.807) is 7.11 Å². The van der Waals surface area contributed by atoms with E-state index in [9.17, 15) is 0 Å². The van der Waals surface area contributed by atoms with Crippen LogP contribution in [0.1, 0.15) is 6.42 Å². The van der Waals surface area contributed by atoms with Crippen LogP contribution in [0, 0.1) is 0 Å². The van der Waals surface area contributed by atoms with Gasteiger partial charge < -0.3 is 24.8 Å². The minimum atomic E-state index is 0.276. The molecular weight excluding hydrogens is 252 g/mol. The summed E-state index contributed by atoms with van der Waals surface area (Å²) in [5, 5.41) is 6.78. The first-order chi connectivity index (χ1) is 8.79. The first kappa shape index (κ1) is 12.9. The molecule has 6 heteroatoms. The molecular formula is C12H16N2O3S. The molecule has 2 rings (SSSR count). The first-order valence-corrected chi connectivity index (χ1v) is 6.14. The number of benzene rings is 1. The normalized spacial score (nSPS) is 12.3. The molecule has 1 aliphatic heterocycles. The number of hydrogen-bond donors (Lipinski definition) is 2. The smallest absolute Gasteiger partial charge is 0.231 e. The fourth-order valence-electron chi connectivity index (χ4n) is 1.57. The summed E-state index contributed by atoms with van der Waals surface area (Å²) in [6.45, 7) is 1.78. The minimum absolute atomic E-state index is 0.276. The van der Waals surface area contributed by atoms with E-state index in [1.165, 1.54) is 0 Å². The van der Waals surface area contributed by atoms with Gasteiger partial charge in [-0.2, -0.15) is 0 Å². The minimum Gasteiger partial charge on any atom is -0.454 e. The fraction of sp³-hybridized carbons (Fsp3) is 0.417. The second kappa shape index (κ2) is 6.42. The molecule has 0 radical (unpaired) electrons. The average molecular weight is 268 g/mol. The first-order valence-electron chi connectivity index (χ1n) is 5.73. The van der Waals surface area contributed by atoms with Crippen LogP contribution in [0.4, 0.5) is 5.69 Å². The maximum atomic E-state index is 5.29. The third-order valence-electron chi connectivity index (χ3n) is 2.44. The van der Waals surface area contributed by atoms with Gasteiger partial charge in [-0.25, -0.2) is 0 Å². The van der Waals surface area contributed by atoms with Crippen LogP contribution in [-0.4, -0.2) is 32.2 Å². The largest absolute Gasteiger partial charge is 0.454 e. The highest BCUT2D eigenvalue weighted by Gasteiger charge is 2.13. The van der Waals surface area contributed by atoms with E-state index in [2.05, 4.69) is 10.6 Å². The third-order valence-corrected chi connectivity index (χ3v) is 2.69. The number of anilines is 1. The maximum absolute atomic E-state index is 5.29. The molecule has 1 aromatic rings. The summed E-state index contributed by atoms with van der Waals surface area (Å²) in [4.78, 5) is 0. The molecule has 1 aliphatic rings. The molecule has 1 heterocycles. The summed E-state index contributed by atoms with van der Waals surface area (Å²) in [6.07, 6.45) is 0.916. The van der Waals surface area contributed by atoms with E-state index in [0.29, 0.717) is 5.11 Å². The van der Waals surface area contributed by atoms with Gasteiger partial charge in [0.1, 0.15) is 0 Å². The Morgan fingerprint density at radius 1 is 1.39 bits per heavy atom. The van der Waals surface area contributed by atoms with Gasteiger partial charge in [-0.3, -0.25) is 0 Å². The Hall–Kier alpha value is -1.53. The predicted molar refractivity (Wildman–Crippen MR) is 73.3 cm³/mol. The lowest BCUT2D eigenvalue weighted by Crippen LogP contribution is -2.29. The third kappa shape index (κ3) is 3.48. The summed E-state index contributed by atoms with van der Waals surface area (Å²) >= 11 is 5.18. The Morgan fingerprint density at radius 3 is 3.06 bits per heavy atom. The number of fused-ring (bicyclic) bond motifs is 1. The highest BCUT2D eigenvalue weighted by atomic mass is 32.1. The summed E-state index contributed by atoms with van der Waals surface area (Å²) in [5.41, 5.74) is 0.878. The van der Waals surface area contributed by atoms with Gasteiger partial charge in [0.2, 0.25) is 6.79 Å². The Bertz CT molecular complexity index is 426. The van der Waals surface area contributed by atoms with Crippen LogP contribution in [0.3, 0.4) is 0 Å². The summed E-state index contributed by atoms with van der Waals surface area (Å²) in [5.74, 6) is 1.50. The highest BCUT2D eigenvalue weighted by Crippen LogP contribution is 2.34.